The monoisotopic (exact) mass is 279 g/mol. The molecule has 0 amide bonds. The molecule has 0 radical (unpaired) electrons. The van der Waals surface area contributed by atoms with Crippen molar-refractivity contribution in [3.8, 4) is 16.9 Å². The van der Waals surface area contributed by atoms with Crippen LogP contribution in [-0.2, 0) is 6.54 Å². The summed E-state index contributed by atoms with van der Waals surface area (Å²) in [4.78, 5) is 0. The maximum atomic E-state index is 5.90. The Balaban J connectivity index is 1.71. The number of anilines is 1. The Morgan fingerprint density at radius 3 is 2.48 bits per heavy atom. The van der Waals surface area contributed by atoms with Gasteiger partial charge in [-0.05, 0) is 17.7 Å². The fourth-order valence-electron chi connectivity index (χ4n) is 2.20. The van der Waals surface area contributed by atoms with Crippen molar-refractivity contribution in [2.24, 2.45) is 0 Å². The van der Waals surface area contributed by atoms with E-state index >= 15 is 0 Å². The molecule has 0 aliphatic rings. The van der Waals surface area contributed by atoms with Gasteiger partial charge in [0, 0.05) is 11.8 Å². The fourth-order valence-corrected chi connectivity index (χ4v) is 2.20. The Morgan fingerprint density at radius 1 is 0.952 bits per heavy atom. The topological polar surface area (TPSA) is 53.1 Å². The van der Waals surface area contributed by atoms with Gasteiger partial charge in [0.25, 0.3) is 0 Å². The molecule has 3 aromatic rings. The number of rotatable bonds is 5. The average molecular weight is 279 g/mol. The number of benzene rings is 2. The number of aromatic nitrogens is 2. The van der Waals surface area contributed by atoms with E-state index in [1.54, 1.807) is 10.7 Å². The molecule has 0 aliphatic carbocycles. The molecule has 0 fully saturated rings. The standard InChI is InChI=1S/C17H17N3O/c18-17-10-11-20(19-17)12-13-21-16-9-5-4-8-15(16)14-6-2-1-3-7-14/h1-11H,12-13H2,(H2,18,19). The van der Waals surface area contributed by atoms with Crippen molar-refractivity contribution in [3.63, 3.8) is 0 Å². The highest BCUT2D eigenvalue weighted by Gasteiger charge is 2.05. The van der Waals surface area contributed by atoms with Gasteiger partial charge >= 0.3 is 0 Å². The highest BCUT2D eigenvalue weighted by molar-refractivity contribution is 5.70. The Kier molecular flexibility index (Phi) is 3.87. The predicted molar refractivity (Wildman–Crippen MR) is 84.0 cm³/mol. The molecular formula is C17H17N3O. The first kappa shape index (κ1) is 13.2. The van der Waals surface area contributed by atoms with Gasteiger partial charge in [-0.3, -0.25) is 4.68 Å². The highest BCUT2D eigenvalue weighted by Crippen LogP contribution is 2.29. The number of para-hydroxylation sites is 1. The molecular weight excluding hydrogens is 262 g/mol. The van der Waals surface area contributed by atoms with E-state index in [0.717, 1.165) is 16.9 Å². The largest absolute Gasteiger partial charge is 0.491 e. The van der Waals surface area contributed by atoms with Gasteiger partial charge in [-0.1, -0.05) is 48.5 Å². The second-order valence-electron chi connectivity index (χ2n) is 4.71. The molecule has 2 aromatic carbocycles. The van der Waals surface area contributed by atoms with Crippen molar-refractivity contribution in [1.82, 2.24) is 9.78 Å². The minimum absolute atomic E-state index is 0.527. The molecule has 0 bridgehead atoms. The molecule has 4 heteroatoms. The first-order chi connectivity index (χ1) is 10.3. The van der Waals surface area contributed by atoms with Gasteiger partial charge < -0.3 is 10.5 Å². The van der Waals surface area contributed by atoms with Crippen molar-refractivity contribution in [1.29, 1.82) is 0 Å². The van der Waals surface area contributed by atoms with Crippen LogP contribution in [0.2, 0.25) is 0 Å². The molecule has 1 heterocycles. The maximum absolute atomic E-state index is 5.90. The first-order valence-corrected chi connectivity index (χ1v) is 6.89. The summed E-state index contributed by atoms with van der Waals surface area (Å²) in [6, 6.07) is 20.0. The maximum Gasteiger partial charge on any atom is 0.145 e. The molecule has 0 aliphatic heterocycles. The Hall–Kier alpha value is -2.75. The van der Waals surface area contributed by atoms with Gasteiger partial charge in [0.05, 0.1) is 6.54 Å². The zero-order valence-electron chi connectivity index (χ0n) is 11.6. The fraction of sp³-hybridized carbons (Fsp3) is 0.118. The van der Waals surface area contributed by atoms with Gasteiger partial charge in [-0.2, -0.15) is 5.10 Å². The van der Waals surface area contributed by atoms with Crippen LogP contribution in [0.3, 0.4) is 0 Å². The molecule has 0 atom stereocenters. The molecule has 0 spiro atoms. The third-order valence-electron chi connectivity index (χ3n) is 3.21. The van der Waals surface area contributed by atoms with E-state index in [2.05, 4.69) is 23.3 Å². The van der Waals surface area contributed by atoms with E-state index in [-0.39, 0.29) is 0 Å². The van der Waals surface area contributed by atoms with Crippen molar-refractivity contribution in [3.05, 3.63) is 66.9 Å². The molecule has 0 unspecified atom stereocenters. The van der Waals surface area contributed by atoms with Crippen molar-refractivity contribution < 1.29 is 4.74 Å². The second kappa shape index (κ2) is 6.13. The van der Waals surface area contributed by atoms with Crippen molar-refractivity contribution in [2.45, 2.75) is 6.54 Å². The second-order valence-corrected chi connectivity index (χ2v) is 4.71. The summed E-state index contributed by atoms with van der Waals surface area (Å²) in [7, 11) is 0. The van der Waals surface area contributed by atoms with Gasteiger partial charge in [0.15, 0.2) is 0 Å². The number of ether oxygens (including phenoxy) is 1. The molecule has 3 rings (SSSR count). The van der Waals surface area contributed by atoms with Crippen molar-refractivity contribution in [2.75, 3.05) is 12.3 Å². The summed E-state index contributed by atoms with van der Waals surface area (Å²) in [5, 5.41) is 4.14. The van der Waals surface area contributed by atoms with E-state index in [9.17, 15) is 0 Å². The lowest BCUT2D eigenvalue weighted by Gasteiger charge is -2.11. The van der Waals surface area contributed by atoms with E-state index in [1.165, 1.54) is 0 Å². The van der Waals surface area contributed by atoms with Crippen LogP contribution in [-0.4, -0.2) is 16.4 Å². The molecule has 0 saturated heterocycles. The number of nitrogens with two attached hydrogens (primary N) is 1. The predicted octanol–water partition coefficient (Wildman–Crippen LogP) is 3.21. The van der Waals surface area contributed by atoms with Gasteiger partial charge in [0.1, 0.15) is 18.2 Å². The number of nitrogen functional groups attached to an aromatic ring is 1. The summed E-state index contributed by atoms with van der Waals surface area (Å²) >= 11 is 0. The average Bonchev–Trinajstić information content (AvgIpc) is 2.94. The number of hydrogen-bond donors (Lipinski definition) is 1. The van der Waals surface area contributed by atoms with Crippen LogP contribution in [0.15, 0.2) is 66.9 Å². The molecule has 21 heavy (non-hydrogen) atoms. The van der Waals surface area contributed by atoms with Crippen LogP contribution in [0.1, 0.15) is 0 Å². The zero-order valence-corrected chi connectivity index (χ0v) is 11.6. The third kappa shape index (κ3) is 3.23. The quantitative estimate of drug-likeness (QED) is 0.780. The third-order valence-corrected chi connectivity index (χ3v) is 3.21. The van der Waals surface area contributed by atoms with Crippen LogP contribution in [0, 0.1) is 0 Å². The van der Waals surface area contributed by atoms with Crippen LogP contribution in [0.4, 0.5) is 5.82 Å². The molecule has 0 saturated carbocycles. The molecule has 2 N–H and O–H groups in total. The summed E-state index contributed by atoms with van der Waals surface area (Å²) in [5.41, 5.74) is 7.83. The van der Waals surface area contributed by atoms with Crippen molar-refractivity contribution >= 4 is 5.82 Å². The van der Waals surface area contributed by atoms with E-state index in [0.29, 0.717) is 19.0 Å². The van der Waals surface area contributed by atoms with Gasteiger partial charge in [0.2, 0.25) is 0 Å². The lowest BCUT2D eigenvalue weighted by atomic mass is 10.1. The molecule has 4 nitrogen and oxygen atoms in total. The number of hydrogen-bond acceptors (Lipinski definition) is 3. The molecule has 1 aromatic heterocycles. The zero-order chi connectivity index (χ0) is 14.5. The summed E-state index contributed by atoms with van der Waals surface area (Å²) in [6.45, 7) is 1.21. The Labute approximate surface area is 123 Å². The van der Waals surface area contributed by atoms with Crippen LogP contribution in [0.25, 0.3) is 11.1 Å². The normalized spacial score (nSPS) is 10.5. The van der Waals surface area contributed by atoms with E-state index in [1.807, 2.05) is 42.6 Å². The summed E-state index contributed by atoms with van der Waals surface area (Å²) in [6.07, 6.45) is 1.85. The van der Waals surface area contributed by atoms with Crippen LogP contribution < -0.4 is 10.5 Å². The highest BCUT2D eigenvalue weighted by atomic mass is 16.5. The van der Waals surface area contributed by atoms with Gasteiger partial charge in [-0.15, -0.1) is 0 Å². The molecule has 106 valence electrons. The lowest BCUT2D eigenvalue weighted by molar-refractivity contribution is 0.292. The minimum atomic E-state index is 0.527. The van der Waals surface area contributed by atoms with Crippen LogP contribution >= 0.6 is 0 Å². The minimum Gasteiger partial charge on any atom is -0.491 e. The van der Waals surface area contributed by atoms with E-state index < -0.39 is 0 Å². The summed E-state index contributed by atoms with van der Waals surface area (Å²) < 4.78 is 7.68. The first-order valence-electron chi connectivity index (χ1n) is 6.89. The Morgan fingerprint density at radius 2 is 1.71 bits per heavy atom. The smallest absolute Gasteiger partial charge is 0.145 e. The van der Waals surface area contributed by atoms with Crippen LogP contribution in [0.5, 0.6) is 5.75 Å². The lowest BCUT2D eigenvalue weighted by Crippen LogP contribution is -2.09. The summed E-state index contributed by atoms with van der Waals surface area (Å²) in [5.74, 6) is 1.41. The number of nitrogens with zero attached hydrogens (tertiary/aromatic N) is 2. The van der Waals surface area contributed by atoms with Gasteiger partial charge in [-0.25, -0.2) is 0 Å². The SMILES string of the molecule is Nc1ccn(CCOc2ccccc2-c2ccccc2)n1. The Bertz CT molecular complexity index is 707. The van der Waals surface area contributed by atoms with E-state index in [4.69, 9.17) is 10.5 Å².